The van der Waals surface area contributed by atoms with Crippen LogP contribution in [0.3, 0.4) is 0 Å². The molecule has 1 aromatic carbocycles. The lowest BCUT2D eigenvalue weighted by Gasteiger charge is -2.09. The van der Waals surface area contributed by atoms with Gasteiger partial charge in [0.25, 0.3) is 5.56 Å². The molecule has 0 radical (unpaired) electrons. The maximum absolute atomic E-state index is 12.0. The number of aromatic nitrogens is 2. The van der Waals surface area contributed by atoms with E-state index in [0.29, 0.717) is 12.2 Å². The van der Waals surface area contributed by atoms with Crippen LogP contribution < -0.4 is 10.3 Å². The molecule has 1 N–H and O–H groups in total. The molecule has 2 aromatic rings. The molecule has 19 heavy (non-hydrogen) atoms. The Morgan fingerprint density at radius 3 is 2.74 bits per heavy atom. The van der Waals surface area contributed by atoms with Gasteiger partial charge in [0.1, 0.15) is 11.6 Å². The molecule has 0 atom stereocenters. The number of aryl methyl sites for hydroxylation is 1. The number of benzene rings is 1. The number of hydrogen-bond acceptors (Lipinski definition) is 3. The Labute approximate surface area is 120 Å². The third-order valence-corrected chi connectivity index (χ3v) is 3.70. The average Bonchev–Trinajstić information content (AvgIpc) is 2.39. The zero-order valence-corrected chi connectivity index (χ0v) is 12.7. The largest absolute Gasteiger partial charge is 0.497 e. The Hall–Kier alpha value is -1.62. The van der Waals surface area contributed by atoms with Gasteiger partial charge < -0.3 is 9.72 Å². The van der Waals surface area contributed by atoms with E-state index in [1.807, 2.05) is 32.0 Å². The van der Waals surface area contributed by atoms with Gasteiger partial charge in [-0.25, -0.2) is 4.98 Å². The van der Waals surface area contributed by atoms with Crippen LogP contribution in [0.2, 0.25) is 0 Å². The van der Waals surface area contributed by atoms with Gasteiger partial charge in [-0.2, -0.15) is 0 Å². The summed E-state index contributed by atoms with van der Waals surface area (Å²) in [5.74, 6) is 1.27. The number of H-pyrrole nitrogens is 1. The van der Waals surface area contributed by atoms with Gasteiger partial charge in [-0.15, -0.1) is 0 Å². The lowest BCUT2D eigenvalue weighted by molar-refractivity contribution is 0.415. The molecule has 0 saturated carbocycles. The van der Waals surface area contributed by atoms with Gasteiger partial charge in [0, 0.05) is 21.3 Å². The Morgan fingerprint density at radius 2 is 2.16 bits per heavy atom. The molecule has 0 aliphatic carbocycles. The van der Waals surface area contributed by atoms with Crippen molar-refractivity contribution in [3.05, 3.63) is 44.3 Å². The summed E-state index contributed by atoms with van der Waals surface area (Å²) in [6, 6.07) is 5.56. The van der Waals surface area contributed by atoms with Crippen LogP contribution in [0, 0.1) is 6.92 Å². The summed E-state index contributed by atoms with van der Waals surface area (Å²) in [5.41, 5.74) is 2.21. The fourth-order valence-electron chi connectivity index (χ4n) is 1.97. The van der Waals surface area contributed by atoms with Gasteiger partial charge >= 0.3 is 0 Å². The van der Waals surface area contributed by atoms with E-state index in [1.165, 1.54) is 0 Å². The minimum atomic E-state index is -0.0836. The predicted molar refractivity (Wildman–Crippen MR) is 78.7 cm³/mol. The molecule has 0 aliphatic rings. The minimum absolute atomic E-state index is 0.0836. The van der Waals surface area contributed by atoms with Crippen LogP contribution in [0.4, 0.5) is 0 Å². The van der Waals surface area contributed by atoms with Gasteiger partial charge in [0.15, 0.2) is 0 Å². The summed E-state index contributed by atoms with van der Waals surface area (Å²) < 4.78 is 6.06. The Balaban J connectivity index is 2.62. The molecular weight excluding hydrogens is 308 g/mol. The highest BCUT2D eigenvalue weighted by Gasteiger charge is 2.11. The van der Waals surface area contributed by atoms with Crippen LogP contribution >= 0.6 is 15.9 Å². The van der Waals surface area contributed by atoms with E-state index in [1.54, 1.807) is 7.11 Å². The van der Waals surface area contributed by atoms with Crippen LogP contribution in [-0.4, -0.2) is 17.1 Å². The van der Waals surface area contributed by atoms with E-state index in [0.717, 1.165) is 27.0 Å². The maximum Gasteiger partial charge on any atom is 0.254 e. The van der Waals surface area contributed by atoms with Crippen molar-refractivity contribution in [1.29, 1.82) is 0 Å². The van der Waals surface area contributed by atoms with E-state index >= 15 is 0 Å². The number of nitrogens with one attached hydrogen (secondary N) is 1. The van der Waals surface area contributed by atoms with Crippen molar-refractivity contribution >= 4 is 15.9 Å². The third kappa shape index (κ3) is 2.71. The van der Waals surface area contributed by atoms with Crippen LogP contribution in [0.25, 0.3) is 11.4 Å². The normalized spacial score (nSPS) is 10.5. The van der Waals surface area contributed by atoms with E-state index in [2.05, 4.69) is 25.9 Å². The highest BCUT2D eigenvalue weighted by atomic mass is 79.9. The molecule has 1 heterocycles. The molecule has 100 valence electrons. The van der Waals surface area contributed by atoms with Crippen molar-refractivity contribution in [2.45, 2.75) is 20.3 Å². The van der Waals surface area contributed by atoms with Crippen molar-refractivity contribution in [1.82, 2.24) is 9.97 Å². The topological polar surface area (TPSA) is 55.0 Å². The lowest BCUT2D eigenvalue weighted by atomic mass is 10.1. The Kier molecular flexibility index (Phi) is 4.04. The number of nitrogens with zero attached hydrogens (tertiary/aromatic N) is 1. The lowest BCUT2D eigenvalue weighted by Crippen LogP contribution is -2.16. The number of aromatic amines is 1. The zero-order valence-electron chi connectivity index (χ0n) is 11.1. The summed E-state index contributed by atoms with van der Waals surface area (Å²) >= 11 is 3.46. The number of methoxy groups -OCH3 is 1. The molecule has 1 aromatic heterocycles. The first-order valence-electron chi connectivity index (χ1n) is 6.00. The molecule has 0 amide bonds. The maximum atomic E-state index is 12.0. The summed E-state index contributed by atoms with van der Waals surface area (Å²) in [4.78, 5) is 19.3. The molecule has 0 fully saturated rings. The first kappa shape index (κ1) is 13.8. The van der Waals surface area contributed by atoms with E-state index < -0.39 is 0 Å². The van der Waals surface area contributed by atoms with Crippen molar-refractivity contribution in [3.63, 3.8) is 0 Å². The average molecular weight is 323 g/mol. The van der Waals surface area contributed by atoms with Crippen molar-refractivity contribution in [3.8, 4) is 17.1 Å². The van der Waals surface area contributed by atoms with Gasteiger partial charge in [-0.1, -0.05) is 22.9 Å². The highest BCUT2D eigenvalue weighted by molar-refractivity contribution is 9.10. The van der Waals surface area contributed by atoms with Crippen LogP contribution in [0.5, 0.6) is 5.75 Å². The summed E-state index contributed by atoms with van der Waals surface area (Å²) in [5, 5.41) is 0. The SMILES string of the molecule is CCc1c(C)nc(-c2cc(OC)ccc2Br)[nH]c1=O. The van der Waals surface area contributed by atoms with Gasteiger partial charge in [0.2, 0.25) is 0 Å². The molecule has 0 aliphatic heterocycles. The van der Waals surface area contributed by atoms with Gasteiger partial charge in [0.05, 0.1) is 7.11 Å². The second kappa shape index (κ2) is 5.57. The Bertz CT molecular complexity index is 665. The second-order valence-electron chi connectivity index (χ2n) is 4.18. The van der Waals surface area contributed by atoms with E-state index in [9.17, 15) is 4.79 Å². The van der Waals surface area contributed by atoms with Crippen LogP contribution in [-0.2, 0) is 6.42 Å². The first-order chi connectivity index (χ1) is 9.06. The Morgan fingerprint density at radius 1 is 1.42 bits per heavy atom. The molecule has 0 saturated heterocycles. The standard InChI is InChI=1S/C14H15BrN2O2/c1-4-10-8(2)16-13(17-14(10)18)11-7-9(19-3)5-6-12(11)15/h5-7H,4H2,1-3H3,(H,16,17,18). The molecule has 5 heteroatoms. The fourth-order valence-corrected chi connectivity index (χ4v) is 2.40. The quantitative estimate of drug-likeness (QED) is 0.944. The van der Waals surface area contributed by atoms with Crippen molar-refractivity contribution < 1.29 is 4.74 Å². The first-order valence-corrected chi connectivity index (χ1v) is 6.79. The van der Waals surface area contributed by atoms with Gasteiger partial charge in [-0.05, 0) is 31.5 Å². The van der Waals surface area contributed by atoms with E-state index in [-0.39, 0.29) is 5.56 Å². The molecule has 2 rings (SSSR count). The van der Waals surface area contributed by atoms with E-state index in [4.69, 9.17) is 4.74 Å². The summed E-state index contributed by atoms with van der Waals surface area (Å²) in [6.45, 7) is 3.80. The third-order valence-electron chi connectivity index (χ3n) is 3.00. The summed E-state index contributed by atoms with van der Waals surface area (Å²) in [7, 11) is 1.61. The molecule has 0 spiro atoms. The van der Waals surface area contributed by atoms with Crippen molar-refractivity contribution in [2.24, 2.45) is 0 Å². The minimum Gasteiger partial charge on any atom is -0.497 e. The molecule has 0 bridgehead atoms. The molecule has 0 unspecified atom stereocenters. The smallest absolute Gasteiger partial charge is 0.254 e. The number of ether oxygens (including phenoxy) is 1. The number of hydrogen-bond donors (Lipinski definition) is 1. The highest BCUT2D eigenvalue weighted by Crippen LogP contribution is 2.29. The number of rotatable bonds is 3. The van der Waals surface area contributed by atoms with Gasteiger partial charge in [-0.3, -0.25) is 4.79 Å². The molecule has 4 nitrogen and oxygen atoms in total. The predicted octanol–water partition coefficient (Wildman–Crippen LogP) is 3.08. The van der Waals surface area contributed by atoms with Crippen LogP contribution in [0.1, 0.15) is 18.2 Å². The fraction of sp³-hybridized carbons (Fsp3) is 0.286. The second-order valence-corrected chi connectivity index (χ2v) is 5.03. The zero-order chi connectivity index (χ0) is 14.0. The monoisotopic (exact) mass is 322 g/mol. The molecular formula is C14H15BrN2O2. The van der Waals surface area contributed by atoms with Crippen molar-refractivity contribution in [2.75, 3.05) is 7.11 Å². The number of halogens is 1. The summed E-state index contributed by atoms with van der Waals surface area (Å²) in [6.07, 6.45) is 0.674. The van der Waals surface area contributed by atoms with Crippen LogP contribution in [0.15, 0.2) is 27.5 Å².